The average Bonchev–Trinajstić information content (AvgIpc) is 2.62. The third kappa shape index (κ3) is 8.03. The Morgan fingerprint density at radius 1 is 0.821 bits per heavy atom. The first-order chi connectivity index (χ1) is 13.0. The number of rotatable bonds is 8. The summed E-state index contributed by atoms with van der Waals surface area (Å²) >= 11 is 0. The van der Waals surface area contributed by atoms with E-state index in [-0.39, 0.29) is 5.92 Å². The first kappa shape index (κ1) is 23.1. The molecular weight excluding hydrogens is 391 g/mol. The molecule has 0 N–H and O–H groups in total. The molecule has 1 aliphatic rings. The maximum atomic E-state index is 12.7. The normalized spacial score (nSPS) is 22.6. The Labute approximate surface area is 166 Å². The zero-order chi connectivity index (χ0) is 20.7. The minimum atomic E-state index is -9.59. The highest BCUT2D eigenvalue weighted by Crippen LogP contribution is 3.02. The van der Waals surface area contributed by atoms with E-state index in [9.17, 15) is 19.4 Å². The zero-order valence-electron chi connectivity index (χ0n) is 16.5. The van der Waals surface area contributed by atoms with Crippen LogP contribution in [-0.2, 0) is 0 Å². The summed E-state index contributed by atoms with van der Waals surface area (Å²) < 4.78 is 63.6. The number of hydrogen-bond donors (Lipinski definition) is 0. The SMILES string of the molecule is CCCCCCCC[C@H]1CC[C@H](C#Cc2ccc(S(F)(F)(F)(F)F)cc2)CC1. The van der Waals surface area contributed by atoms with Gasteiger partial charge in [0, 0.05) is 11.5 Å². The summed E-state index contributed by atoms with van der Waals surface area (Å²) in [6.45, 7) is 2.22. The second-order valence-corrected chi connectivity index (χ2v) is 10.4. The van der Waals surface area contributed by atoms with Gasteiger partial charge in [0.2, 0.25) is 0 Å². The van der Waals surface area contributed by atoms with Gasteiger partial charge < -0.3 is 0 Å². The molecule has 0 aliphatic heterocycles. The van der Waals surface area contributed by atoms with E-state index in [4.69, 9.17) is 0 Å². The Bertz CT molecular complexity index is 674. The van der Waals surface area contributed by atoms with Crippen LogP contribution in [0.15, 0.2) is 29.2 Å². The smallest absolute Gasteiger partial charge is 0.0945 e. The largest absolute Gasteiger partial charge is 0.310 e. The van der Waals surface area contributed by atoms with E-state index < -0.39 is 15.1 Å². The van der Waals surface area contributed by atoms with Gasteiger partial charge in [0.05, 0.1) is 0 Å². The molecule has 0 bridgehead atoms. The Kier molecular flexibility index (Phi) is 7.12. The molecule has 6 heteroatoms. The van der Waals surface area contributed by atoms with Crippen molar-refractivity contribution in [2.45, 2.75) is 82.4 Å². The van der Waals surface area contributed by atoms with Crippen LogP contribution in [0.5, 0.6) is 0 Å². The van der Waals surface area contributed by atoms with E-state index in [2.05, 4.69) is 18.8 Å². The van der Waals surface area contributed by atoms with Crippen molar-refractivity contribution in [3.63, 3.8) is 0 Å². The predicted molar refractivity (Wildman–Crippen MR) is 108 cm³/mol. The molecule has 0 aromatic heterocycles. The maximum Gasteiger partial charge on any atom is 0.310 e. The molecule has 160 valence electrons. The fourth-order valence-electron chi connectivity index (χ4n) is 3.79. The highest BCUT2D eigenvalue weighted by molar-refractivity contribution is 8.45. The molecule has 1 aromatic carbocycles. The predicted octanol–water partition coefficient (Wildman–Crippen LogP) is 9.25. The molecule has 0 atom stereocenters. The molecule has 2 rings (SSSR count). The van der Waals surface area contributed by atoms with E-state index in [0.717, 1.165) is 43.7 Å². The molecule has 0 saturated heterocycles. The molecule has 0 heterocycles. The van der Waals surface area contributed by atoms with Gasteiger partial charge in [-0.25, -0.2) is 0 Å². The summed E-state index contributed by atoms with van der Waals surface area (Å²) in [5.41, 5.74) is 0.347. The van der Waals surface area contributed by atoms with Gasteiger partial charge in [0.1, 0.15) is 4.90 Å². The lowest BCUT2D eigenvalue weighted by molar-refractivity contribution is 0.293. The van der Waals surface area contributed by atoms with Crippen LogP contribution in [0, 0.1) is 23.7 Å². The van der Waals surface area contributed by atoms with Gasteiger partial charge in [-0.05, 0) is 55.9 Å². The molecule has 1 aromatic rings. The first-order valence-electron chi connectivity index (χ1n) is 10.3. The van der Waals surface area contributed by atoms with Crippen LogP contribution < -0.4 is 0 Å². The van der Waals surface area contributed by atoms with Crippen LogP contribution in [0.1, 0.15) is 83.1 Å². The minimum Gasteiger partial charge on any atom is -0.0945 e. The number of unbranched alkanes of at least 4 members (excludes halogenated alkanes) is 5. The number of benzene rings is 1. The zero-order valence-corrected chi connectivity index (χ0v) is 17.4. The first-order valence-corrected chi connectivity index (χ1v) is 12.3. The van der Waals surface area contributed by atoms with Crippen LogP contribution in [0.2, 0.25) is 0 Å². The van der Waals surface area contributed by atoms with E-state index in [0.29, 0.717) is 17.7 Å². The molecule has 1 fully saturated rings. The third-order valence-corrected chi connectivity index (χ3v) is 6.70. The summed E-state index contributed by atoms with van der Waals surface area (Å²) in [5.74, 6) is 6.98. The molecule has 1 saturated carbocycles. The van der Waals surface area contributed by atoms with Crippen LogP contribution in [0.3, 0.4) is 0 Å². The molecule has 0 radical (unpaired) electrons. The van der Waals surface area contributed by atoms with Gasteiger partial charge >= 0.3 is 10.2 Å². The topological polar surface area (TPSA) is 0 Å². The molecule has 0 unspecified atom stereocenters. The van der Waals surface area contributed by atoms with E-state index in [1.807, 2.05) is 0 Å². The maximum absolute atomic E-state index is 12.7. The summed E-state index contributed by atoms with van der Waals surface area (Å²) in [6.07, 6.45) is 13.5. The lowest BCUT2D eigenvalue weighted by atomic mass is 9.80. The summed E-state index contributed by atoms with van der Waals surface area (Å²) in [7, 11) is -9.59. The van der Waals surface area contributed by atoms with Gasteiger partial charge in [-0.2, -0.15) is 0 Å². The molecule has 0 nitrogen and oxygen atoms in total. The van der Waals surface area contributed by atoms with Crippen molar-refractivity contribution in [1.29, 1.82) is 0 Å². The van der Waals surface area contributed by atoms with Gasteiger partial charge in [-0.3, -0.25) is 0 Å². The number of halogens is 5. The summed E-state index contributed by atoms with van der Waals surface area (Å²) in [5, 5.41) is 0. The summed E-state index contributed by atoms with van der Waals surface area (Å²) in [6, 6.07) is 2.93. The number of hydrogen-bond acceptors (Lipinski definition) is 0. The van der Waals surface area contributed by atoms with Crippen LogP contribution in [0.4, 0.5) is 19.4 Å². The van der Waals surface area contributed by atoms with Gasteiger partial charge in [0.25, 0.3) is 0 Å². The van der Waals surface area contributed by atoms with Crippen molar-refractivity contribution in [3.05, 3.63) is 29.8 Å². The third-order valence-electron chi connectivity index (χ3n) is 5.53. The van der Waals surface area contributed by atoms with Crippen LogP contribution in [-0.4, -0.2) is 0 Å². The van der Waals surface area contributed by atoms with E-state index >= 15 is 0 Å². The van der Waals surface area contributed by atoms with Gasteiger partial charge in [-0.15, -0.1) is 0 Å². The van der Waals surface area contributed by atoms with E-state index in [1.165, 1.54) is 44.9 Å². The minimum absolute atomic E-state index is 0.246. The quantitative estimate of drug-likeness (QED) is 0.222. The summed E-state index contributed by atoms with van der Waals surface area (Å²) in [4.78, 5) is -1.86. The Morgan fingerprint density at radius 3 is 1.96 bits per heavy atom. The van der Waals surface area contributed by atoms with Crippen molar-refractivity contribution in [2.24, 2.45) is 11.8 Å². The molecular formula is C22H31F5S. The molecule has 0 spiro atoms. The van der Waals surface area contributed by atoms with Crippen molar-refractivity contribution in [3.8, 4) is 11.8 Å². The molecule has 0 amide bonds. The fourth-order valence-corrected chi connectivity index (χ4v) is 4.44. The monoisotopic (exact) mass is 422 g/mol. The lowest BCUT2D eigenvalue weighted by Crippen LogP contribution is -2.13. The second kappa shape index (κ2) is 8.65. The van der Waals surface area contributed by atoms with E-state index in [1.54, 1.807) is 0 Å². The highest BCUT2D eigenvalue weighted by atomic mass is 32.5. The van der Waals surface area contributed by atoms with Crippen LogP contribution >= 0.6 is 10.2 Å². The standard InChI is InChI=1S/C22H31F5S/c1-2-3-4-5-6-7-8-19-9-11-20(12-10-19)13-14-21-15-17-22(18-16-21)28(23,24,25,26)27/h15-20H,2-12H2,1H3/t19-,20-. The Balaban J connectivity index is 1.76. The van der Waals surface area contributed by atoms with Crippen molar-refractivity contribution < 1.29 is 19.4 Å². The van der Waals surface area contributed by atoms with Crippen LogP contribution in [0.25, 0.3) is 0 Å². The Hall–Kier alpha value is -1.22. The second-order valence-electron chi connectivity index (χ2n) is 8.04. The van der Waals surface area contributed by atoms with Crippen molar-refractivity contribution in [2.75, 3.05) is 0 Å². The van der Waals surface area contributed by atoms with Gasteiger partial charge in [0.15, 0.2) is 0 Å². The van der Waals surface area contributed by atoms with Crippen molar-refractivity contribution in [1.82, 2.24) is 0 Å². The molecule has 28 heavy (non-hydrogen) atoms. The van der Waals surface area contributed by atoms with Crippen molar-refractivity contribution >= 4 is 10.2 Å². The fraction of sp³-hybridized carbons (Fsp3) is 0.636. The Morgan fingerprint density at radius 2 is 1.39 bits per heavy atom. The van der Waals surface area contributed by atoms with Gasteiger partial charge in [-0.1, -0.05) is 83.1 Å². The lowest BCUT2D eigenvalue weighted by Gasteiger charge is -2.40. The highest BCUT2D eigenvalue weighted by Gasteiger charge is 2.65. The average molecular weight is 423 g/mol. The molecule has 1 aliphatic carbocycles.